The molecule has 0 aliphatic rings. The number of nitrogens with one attached hydrogen (secondary N) is 1. The summed E-state index contributed by atoms with van der Waals surface area (Å²) >= 11 is 0. The Balaban J connectivity index is 3.46. The molecule has 3 nitrogen and oxygen atoms in total. The summed E-state index contributed by atoms with van der Waals surface area (Å²) in [7, 11) is 0. The van der Waals surface area contributed by atoms with Crippen molar-refractivity contribution in [2.45, 2.75) is 27.2 Å². The van der Waals surface area contributed by atoms with E-state index in [-0.39, 0.29) is 0 Å². The van der Waals surface area contributed by atoms with Gasteiger partial charge in [0, 0.05) is 12.3 Å². The Kier molecular flexibility index (Phi) is 6.07. The van der Waals surface area contributed by atoms with Crippen molar-refractivity contribution in [1.29, 1.82) is 0 Å². The van der Waals surface area contributed by atoms with Crippen molar-refractivity contribution in [2.75, 3.05) is 13.1 Å². The van der Waals surface area contributed by atoms with Crippen LogP contribution in [0.2, 0.25) is 0 Å². The van der Waals surface area contributed by atoms with Crippen molar-refractivity contribution in [2.24, 2.45) is 10.9 Å². The van der Waals surface area contributed by atoms with Gasteiger partial charge in [0.1, 0.15) is 0 Å². The fourth-order valence-electron chi connectivity index (χ4n) is 0.952. The number of aliphatic imine (C=N–C) groups is 1. The Morgan fingerprint density at radius 1 is 1.55 bits per heavy atom. The molecule has 0 aliphatic carbocycles. The van der Waals surface area contributed by atoms with E-state index in [0.717, 1.165) is 12.1 Å². The number of hydrogen-bond acceptors (Lipinski definition) is 3. The van der Waals surface area contributed by atoms with Crippen molar-refractivity contribution in [1.82, 2.24) is 5.48 Å². The van der Waals surface area contributed by atoms with E-state index < -0.39 is 0 Å². The second-order valence-electron chi connectivity index (χ2n) is 3.12. The van der Waals surface area contributed by atoms with Crippen LogP contribution in [0.3, 0.4) is 0 Å². The number of rotatable bonds is 5. The highest BCUT2D eigenvalue weighted by Gasteiger charge is 1.95. The fraction of sp³-hybridized carbons (Fsp3) is 0.875. The van der Waals surface area contributed by atoms with Crippen LogP contribution >= 0.6 is 0 Å². The predicted molar refractivity (Wildman–Crippen MR) is 47.2 cm³/mol. The highest BCUT2D eigenvalue weighted by Crippen LogP contribution is 2.00. The molecule has 0 aromatic carbocycles. The molecule has 0 bridgehead atoms. The van der Waals surface area contributed by atoms with E-state index in [2.05, 4.69) is 24.3 Å². The quantitative estimate of drug-likeness (QED) is 0.361. The summed E-state index contributed by atoms with van der Waals surface area (Å²) in [5.41, 5.74) is 3.23. The van der Waals surface area contributed by atoms with E-state index in [4.69, 9.17) is 5.21 Å². The molecular formula is C8H18N2O. The Labute approximate surface area is 68.5 Å². The fourth-order valence-corrected chi connectivity index (χ4v) is 0.952. The molecule has 0 aromatic heterocycles. The van der Waals surface area contributed by atoms with E-state index >= 15 is 0 Å². The second-order valence-corrected chi connectivity index (χ2v) is 3.12. The minimum absolute atomic E-state index is 0.537. The zero-order valence-corrected chi connectivity index (χ0v) is 7.59. The lowest BCUT2D eigenvalue weighted by Crippen LogP contribution is -2.12. The first kappa shape index (κ1) is 10.6. The molecule has 11 heavy (non-hydrogen) atoms. The van der Waals surface area contributed by atoms with Crippen LogP contribution in [0.15, 0.2) is 4.99 Å². The number of nitrogens with zero attached hydrogens (tertiary/aromatic N) is 1. The van der Waals surface area contributed by atoms with Crippen LogP contribution in [-0.2, 0) is 0 Å². The first-order valence-electron chi connectivity index (χ1n) is 4.03. The van der Waals surface area contributed by atoms with E-state index in [0.29, 0.717) is 19.0 Å². The molecule has 0 heterocycles. The van der Waals surface area contributed by atoms with Crippen LogP contribution in [0, 0.1) is 5.92 Å². The van der Waals surface area contributed by atoms with Gasteiger partial charge in [0.25, 0.3) is 0 Å². The summed E-state index contributed by atoms with van der Waals surface area (Å²) in [4.78, 5) is 4.25. The summed E-state index contributed by atoms with van der Waals surface area (Å²) in [5.74, 6) is 0.667. The van der Waals surface area contributed by atoms with Crippen molar-refractivity contribution in [3.8, 4) is 0 Å². The van der Waals surface area contributed by atoms with Crippen LogP contribution in [0.1, 0.15) is 27.2 Å². The lowest BCUT2D eigenvalue weighted by atomic mass is 10.1. The summed E-state index contributed by atoms with van der Waals surface area (Å²) in [6.07, 6.45) is 1.05. The first-order valence-corrected chi connectivity index (χ1v) is 4.03. The van der Waals surface area contributed by atoms with Crippen molar-refractivity contribution in [3.05, 3.63) is 0 Å². The van der Waals surface area contributed by atoms with Gasteiger partial charge in [0.2, 0.25) is 0 Å². The molecule has 0 aliphatic heterocycles. The Bertz CT molecular complexity index is 121. The predicted octanol–water partition coefficient (Wildman–Crippen LogP) is 1.47. The molecule has 66 valence electrons. The smallest absolute Gasteiger partial charge is 0.0536 e. The summed E-state index contributed by atoms with van der Waals surface area (Å²) in [5, 5.41) is 8.24. The third-order valence-electron chi connectivity index (χ3n) is 1.31. The van der Waals surface area contributed by atoms with Gasteiger partial charge in [-0.3, -0.25) is 4.99 Å². The minimum Gasteiger partial charge on any atom is -0.317 e. The molecule has 0 fully saturated rings. The minimum atomic E-state index is 0.537. The van der Waals surface area contributed by atoms with Crippen molar-refractivity contribution in [3.63, 3.8) is 0 Å². The molecule has 0 amide bonds. The Hall–Kier alpha value is -0.410. The lowest BCUT2D eigenvalue weighted by Gasteiger charge is -2.03. The van der Waals surface area contributed by atoms with Gasteiger partial charge in [-0.15, -0.1) is 0 Å². The van der Waals surface area contributed by atoms with Gasteiger partial charge in [-0.05, 0) is 19.3 Å². The molecule has 2 N–H and O–H groups in total. The normalized spacial score (nSPS) is 12.6. The highest BCUT2D eigenvalue weighted by atomic mass is 16.5. The maximum absolute atomic E-state index is 8.24. The first-order chi connectivity index (χ1) is 5.16. The van der Waals surface area contributed by atoms with E-state index in [1.807, 2.05) is 6.92 Å². The molecule has 0 saturated carbocycles. The SMILES string of the molecule is CC(CC(C)C)=NCCNO. The Morgan fingerprint density at radius 2 is 2.18 bits per heavy atom. The molecule has 3 heteroatoms. The average Bonchev–Trinajstić information content (AvgIpc) is 1.86. The monoisotopic (exact) mass is 158 g/mol. The molecule has 0 unspecified atom stereocenters. The molecule has 0 rings (SSSR count). The van der Waals surface area contributed by atoms with Gasteiger partial charge in [-0.25, -0.2) is 5.48 Å². The number of hydrogen-bond donors (Lipinski definition) is 2. The Morgan fingerprint density at radius 3 is 2.64 bits per heavy atom. The van der Waals surface area contributed by atoms with Crippen LogP contribution in [-0.4, -0.2) is 24.0 Å². The number of hydroxylamine groups is 1. The molecule has 0 atom stereocenters. The molecule has 0 aromatic rings. The summed E-state index contributed by atoms with van der Waals surface area (Å²) in [6, 6.07) is 0. The standard InChI is InChI=1S/C8H18N2O/c1-7(2)6-8(3)9-4-5-10-11/h7,10-11H,4-6H2,1-3H3. The zero-order valence-electron chi connectivity index (χ0n) is 7.59. The van der Waals surface area contributed by atoms with Crippen molar-refractivity contribution >= 4 is 5.71 Å². The average molecular weight is 158 g/mol. The second kappa shape index (κ2) is 6.31. The molecule has 0 spiro atoms. The van der Waals surface area contributed by atoms with Crippen LogP contribution in [0.25, 0.3) is 0 Å². The van der Waals surface area contributed by atoms with E-state index in [9.17, 15) is 0 Å². The topological polar surface area (TPSA) is 44.6 Å². The third kappa shape index (κ3) is 7.49. The lowest BCUT2D eigenvalue weighted by molar-refractivity contribution is 0.170. The summed E-state index contributed by atoms with van der Waals surface area (Å²) < 4.78 is 0. The third-order valence-corrected chi connectivity index (χ3v) is 1.31. The van der Waals surface area contributed by atoms with Gasteiger partial charge in [0.05, 0.1) is 6.54 Å². The molecule has 0 radical (unpaired) electrons. The van der Waals surface area contributed by atoms with Crippen LogP contribution in [0.5, 0.6) is 0 Å². The van der Waals surface area contributed by atoms with Gasteiger partial charge < -0.3 is 5.21 Å². The highest BCUT2D eigenvalue weighted by molar-refractivity contribution is 5.82. The largest absolute Gasteiger partial charge is 0.317 e. The molecular weight excluding hydrogens is 140 g/mol. The zero-order chi connectivity index (χ0) is 8.69. The van der Waals surface area contributed by atoms with Crippen LogP contribution < -0.4 is 5.48 Å². The van der Waals surface area contributed by atoms with Gasteiger partial charge in [-0.1, -0.05) is 13.8 Å². The van der Waals surface area contributed by atoms with Gasteiger partial charge in [-0.2, -0.15) is 0 Å². The van der Waals surface area contributed by atoms with E-state index in [1.54, 1.807) is 0 Å². The molecule has 0 saturated heterocycles. The maximum Gasteiger partial charge on any atom is 0.0536 e. The summed E-state index contributed by atoms with van der Waals surface area (Å²) in [6.45, 7) is 7.56. The van der Waals surface area contributed by atoms with Crippen LogP contribution in [0.4, 0.5) is 0 Å². The van der Waals surface area contributed by atoms with Gasteiger partial charge in [0.15, 0.2) is 0 Å². The van der Waals surface area contributed by atoms with Crippen molar-refractivity contribution < 1.29 is 5.21 Å². The van der Waals surface area contributed by atoms with Gasteiger partial charge >= 0.3 is 0 Å². The van der Waals surface area contributed by atoms with E-state index in [1.165, 1.54) is 0 Å². The maximum atomic E-state index is 8.24.